The Hall–Kier alpha value is -3.82. The van der Waals surface area contributed by atoms with Crippen LogP contribution in [0.5, 0.6) is 0 Å². The van der Waals surface area contributed by atoms with Gasteiger partial charge in [-0.25, -0.2) is 9.52 Å². The monoisotopic (exact) mass is 615 g/mol. The number of ether oxygens (including phenoxy) is 1. The number of rotatable bonds is 5. The minimum absolute atomic E-state index is 0.0882. The van der Waals surface area contributed by atoms with E-state index in [0.717, 1.165) is 18.6 Å². The molecule has 0 bridgehead atoms. The Kier molecular flexibility index (Phi) is 9.03. The number of allylic oxidation sites excluding steroid dienone is 1. The van der Waals surface area contributed by atoms with E-state index in [0.29, 0.717) is 37.8 Å². The molecule has 1 aromatic rings. The Morgan fingerprint density at radius 1 is 1.07 bits per heavy atom. The first-order valence-electron chi connectivity index (χ1n) is 13.5. The van der Waals surface area contributed by atoms with Crippen LogP contribution >= 0.6 is 0 Å². The third kappa shape index (κ3) is 7.33. The summed E-state index contributed by atoms with van der Waals surface area (Å²) in [6.45, 7) is 0.212. The number of nitrogens with two attached hydrogens (primary N) is 1. The van der Waals surface area contributed by atoms with Gasteiger partial charge in [0.05, 0.1) is 11.3 Å². The summed E-state index contributed by atoms with van der Waals surface area (Å²) < 4.78 is 72.9. The minimum Gasteiger partial charge on any atom is -0.436 e. The number of hydrogen-bond donors (Lipinski definition) is 4. The van der Waals surface area contributed by atoms with Crippen molar-refractivity contribution in [2.75, 3.05) is 11.3 Å². The first kappa shape index (κ1) is 31.1. The summed E-state index contributed by atoms with van der Waals surface area (Å²) >= 11 is 0. The molecule has 3 aliphatic rings. The Balaban J connectivity index is 1.53. The lowest BCUT2D eigenvalue weighted by Crippen LogP contribution is -2.57. The van der Waals surface area contributed by atoms with Crippen LogP contribution in [0.4, 0.5) is 23.7 Å². The van der Waals surface area contributed by atoms with Gasteiger partial charge in [-0.05, 0) is 69.2 Å². The molecule has 2 heterocycles. The molecule has 1 aliphatic carbocycles. The van der Waals surface area contributed by atoms with Gasteiger partial charge >= 0.3 is 22.5 Å². The van der Waals surface area contributed by atoms with Crippen molar-refractivity contribution < 1.29 is 45.5 Å². The highest BCUT2D eigenvalue weighted by Gasteiger charge is 2.61. The Bertz CT molecular complexity index is 1350. The van der Waals surface area contributed by atoms with E-state index in [1.54, 1.807) is 6.08 Å². The summed E-state index contributed by atoms with van der Waals surface area (Å²) in [4.78, 5) is 52.7. The number of nitrogens with zero attached hydrogens (tertiary/aromatic N) is 1. The van der Waals surface area contributed by atoms with Crippen molar-refractivity contribution in [2.45, 2.75) is 75.2 Å². The molecule has 2 fully saturated rings. The molecule has 230 valence electrons. The van der Waals surface area contributed by atoms with E-state index in [1.165, 1.54) is 4.90 Å². The molecule has 0 aromatic heterocycles. The predicted molar refractivity (Wildman–Crippen MR) is 143 cm³/mol. The minimum atomic E-state index is -4.61. The third-order valence-corrected chi connectivity index (χ3v) is 8.49. The molecule has 1 saturated heterocycles. The highest BCUT2D eigenvalue weighted by molar-refractivity contribution is 7.91. The largest absolute Gasteiger partial charge is 0.436 e. The molecule has 4 rings (SSSR count). The van der Waals surface area contributed by atoms with Crippen LogP contribution in [0.15, 0.2) is 36.4 Å². The number of amides is 4. The van der Waals surface area contributed by atoms with Crippen LogP contribution < -0.4 is 20.5 Å². The van der Waals surface area contributed by atoms with Crippen LogP contribution in [0.2, 0.25) is 0 Å². The highest BCUT2D eigenvalue weighted by Crippen LogP contribution is 2.45. The van der Waals surface area contributed by atoms with Crippen LogP contribution in [0.1, 0.15) is 56.9 Å². The third-order valence-electron chi connectivity index (χ3n) is 7.54. The van der Waals surface area contributed by atoms with Crippen LogP contribution in [0.3, 0.4) is 0 Å². The maximum absolute atomic E-state index is 13.4. The van der Waals surface area contributed by atoms with Gasteiger partial charge in [-0.15, -0.1) is 0 Å². The summed E-state index contributed by atoms with van der Waals surface area (Å²) in [5.74, 6) is -2.83. The Morgan fingerprint density at radius 3 is 2.45 bits per heavy atom. The number of halogens is 3. The zero-order chi connectivity index (χ0) is 30.7. The van der Waals surface area contributed by atoms with Crippen molar-refractivity contribution in [3.63, 3.8) is 0 Å². The van der Waals surface area contributed by atoms with Gasteiger partial charge in [-0.1, -0.05) is 18.6 Å². The van der Waals surface area contributed by atoms with Crippen molar-refractivity contribution in [3.05, 3.63) is 42.0 Å². The maximum atomic E-state index is 13.4. The van der Waals surface area contributed by atoms with E-state index in [2.05, 4.69) is 5.32 Å². The summed E-state index contributed by atoms with van der Waals surface area (Å²) in [7, 11) is -4.60. The second-order valence-corrected chi connectivity index (χ2v) is 12.0. The van der Waals surface area contributed by atoms with Crippen molar-refractivity contribution >= 4 is 39.7 Å². The Morgan fingerprint density at radius 2 is 1.79 bits per heavy atom. The van der Waals surface area contributed by atoms with Gasteiger partial charge in [0.2, 0.25) is 5.91 Å². The SMILES string of the molecule is NC(=O)OC1CCCCC/C=C\C2CC2(C(=O)NS(=O)(=O)Nc2ccc(C(F)(F)F)cc2)NC(=O)C2CCCN2C1=O. The molecule has 1 saturated carbocycles. The van der Waals surface area contributed by atoms with Crippen molar-refractivity contribution in [3.8, 4) is 0 Å². The van der Waals surface area contributed by atoms with Crippen molar-refractivity contribution in [2.24, 2.45) is 11.7 Å². The molecule has 5 N–H and O–H groups in total. The molecule has 12 nitrogen and oxygen atoms in total. The molecule has 16 heteroatoms. The van der Waals surface area contributed by atoms with Crippen molar-refractivity contribution in [1.82, 2.24) is 14.9 Å². The first-order chi connectivity index (χ1) is 19.7. The highest BCUT2D eigenvalue weighted by atomic mass is 32.2. The number of hydrogen-bond acceptors (Lipinski definition) is 7. The molecule has 4 amide bonds. The van der Waals surface area contributed by atoms with Crippen molar-refractivity contribution in [1.29, 1.82) is 0 Å². The van der Waals surface area contributed by atoms with Gasteiger partial charge in [-0.3, -0.25) is 19.1 Å². The molecule has 4 unspecified atom stereocenters. The lowest BCUT2D eigenvalue weighted by molar-refractivity contribution is -0.146. The summed E-state index contributed by atoms with van der Waals surface area (Å²) in [5.41, 5.74) is 2.33. The zero-order valence-corrected chi connectivity index (χ0v) is 23.3. The van der Waals surface area contributed by atoms with Crippen LogP contribution in [-0.2, 0) is 35.5 Å². The average molecular weight is 616 g/mol. The van der Waals surface area contributed by atoms with E-state index in [1.807, 2.05) is 15.5 Å². The quantitative estimate of drug-likeness (QED) is 0.367. The standard InChI is InChI=1S/C26H32F3N5O7S/c27-26(28,29)16-10-12-18(13-11-16)32-42(39,40)33-23(37)25-15-17(25)7-4-2-1-3-5-9-20(41-24(30)38)22(36)34-14-6-8-19(34)21(35)31-25/h4,7,10-13,17,19-20,32H,1-3,5-6,8-9,14-15H2,(H2,30,38)(H,31,35)(H,33,37)/b7-4-. The number of carbonyl (C=O) groups excluding carboxylic acids is 4. The first-order valence-corrected chi connectivity index (χ1v) is 15.0. The summed E-state index contributed by atoms with van der Waals surface area (Å²) in [6, 6.07) is 2.20. The number of benzene rings is 1. The van der Waals surface area contributed by atoms with E-state index in [-0.39, 0.29) is 31.5 Å². The van der Waals surface area contributed by atoms with Gasteiger partial charge in [0.1, 0.15) is 11.6 Å². The van der Waals surface area contributed by atoms with Gasteiger partial charge < -0.3 is 20.7 Å². The lowest BCUT2D eigenvalue weighted by atomic mass is 10.1. The van der Waals surface area contributed by atoms with E-state index < -0.39 is 69.4 Å². The molecule has 42 heavy (non-hydrogen) atoms. The number of primary amides is 1. The molecule has 0 spiro atoms. The second kappa shape index (κ2) is 12.2. The van der Waals surface area contributed by atoms with Crippen LogP contribution in [-0.4, -0.2) is 61.4 Å². The van der Waals surface area contributed by atoms with E-state index in [4.69, 9.17) is 10.5 Å². The molecular weight excluding hydrogens is 583 g/mol. The van der Waals surface area contributed by atoms with Gasteiger partial charge in [-0.2, -0.15) is 21.6 Å². The summed E-state index contributed by atoms with van der Waals surface area (Å²) in [5, 5.41) is 2.65. The topological polar surface area (TPSA) is 177 Å². The van der Waals surface area contributed by atoms with Gasteiger partial charge in [0, 0.05) is 12.5 Å². The fourth-order valence-electron chi connectivity index (χ4n) is 5.30. The average Bonchev–Trinajstić information content (AvgIpc) is 3.35. The van der Waals surface area contributed by atoms with Crippen LogP contribution in [0, 0.1) is 5.92 Å². The number of nitrogens with one attached hydrogen (secondary N) is 3. The smallest absolute Gasteiger partial charge is 0.416 e. The predicted octanol–water partition coefficient (Wildman–Crippen LogP) is 2.33. The number of anilines is 1. The van der Waals surface area contributed by atoms with Gasteiger partial charge in [0.25, 0.3) is 11.8 Å². The molecule has 4 atom stereocenters. The van der Waals surface area contributed by atoms with E-state index >= 15 is 0 Å². The number of fused-ring (bicyclic) bond motifs is 2. The van der Waals surface area contributed by atoms with Gasteiger partial charge in [0.15, 0.2) is 6.10 Å². The molecular formula is C26H32F3N5O7S. The molecule has 1 aromatic carbocycles. The zero-order valence-electron chi connectivity index (χ0n) is 22.5. The fraction of sp³-hybridized carbons (Fsp3) is 0.538. The lowest BCUT2D eigenvalue weighted by Gasteiger charge is -2.29. The number of alkyl halides is 3. The number of carbonyl (C=O) groups is 4. The summed E-state index contributed by atoms with van der Waals surface area (Å²) in [6.07, 6.45) is 0.343. The fourth-order valence-corrected chi connectivity index (χ4v) is 6.22. The van der Waals surface area contributed by atoms with Crippen LogP contribution in [0.25, 0.3) is 0 Å². The maximum Gasteiger partial charge on any atom is 0.416 e. The molecule has 0 radical (unpaired) electrons. The Labute approximate surface area is 240 Å². The second-order valence-electron chi connectivity index (χ2n) is 10.6. The molecule has 2 aliphatic heterocycles. The normalized spacial score (nSPS) is 27.8. The van der Waals surface area contributed by atoms with E-state index in [9.17, 15) is 40.8 Å².